The van der Waals surface area contributed by atoms with Crippen LogP contribution < -0.4 is 54.3 Å². The molecule has 6 aromatic heterocycles. The third-order valence-corrected chi connectivity index (χ3v) is 14.9. The highest BCUT2D eigenvalue weighted by Crippen LogP contribution is 2.19. The Hall–Kier alpha value is -12.2. The zero-order valence-corrected chi connectivity index (χ0v) is 55.9. The van der Waals surface area contributed by atoms with Crippen molar-refractivity contribution in [2.75, 3.05) is 21.7 Å². The second-order valence-corrected chi connectivity index (χ2v) is 24.3. The zero-order chi connectivity index (χ0) is 72.7. The van der Waals surface area contributed by atoms with E-state index in [0.29, 0.717) is 94.5 Å². The minimum atomic E-state index is -1.31. The molecular formula is C68H83N19O14. The summed E-state index contributed by atoms with van der Waals surface area (Å²) in [4.78, 5) is 164. The van der Waals surface area contributed by atoms with Crippen molar-refractivity contribution < 1.29 is 54.0 Å². The van der Waals surface area contributed by atoms with Crippen LogP contribution in [0.25, 0.3) is 33.5 Å². The average Bonchev–Trinajstić information content (AvgIpc) is 0.858. The van der Waals surface area contributed by atoms with E-state index in [-0.39, 0.29) is 108 Å². The van der Waals surface area contributed by atoms with Gasteiger partial charge in [0.15, 0.2) is 33.5 Å². The first kappa shape index (κ1) is 77.8. The monoisotopic (exact) mass is 1390 g/mol. The van der Waals surface area contributed by atoms with E-state index in [0.717, 1.165) is 18.5 Å². The summed E-state index contributed by atoms with van der Waals surface area (Å²) in [6.45, 7) is 14.6. The van der Waals surface area contributed by atoms with Crippen LogP contribution in [0.2, 0.25) is 0 Å². The SMILES string of the molecule is C.CC(C)CCC[C@H](NC(=O)c1ccc(NCc2cnc3nc(N)[nH]c(=O)c3n2)cc1)C(=O)O.CC(C)c1nc2ncc(CNc3ccc(C(=O)N[C@@H](CCC(=O)O)C(=O)O)cc3)nc2c(=O)[nH]1.Cc1nc2ncc(CNc3ccc(C(=O)N[C@@H](CCC(=O)O)CC(C)C)cc3)nc2c(=O)[nH]1. The Morgan fingerprint density at radius 3 is 1.26 bits per heavy atom. The van der Waals surface area contributed by atoms with Crippen LogP contribution >= 0.6 is 0 Å². The number of rotatable bonds is 30. The Balaban J connectivity index is 0.000000237. The lowest BCUT2D eigenvalue weighted by Gasteiger charge is -2.20. The summed E-state index contributed by atoms with van der Waals surface area (Å²) >= 11 is 0. The summed E-state index contributed by atoms with van der Waals surface area (Å²) in [5, 5.41) is 53.5. The lowest BCUT2D eigenvalue weighted by Crippen LogP contribution is -2.41. The summed E-state index contributed by atoms with van der Waals surface area (Å²) in [6.07, 6.45) is 7.12. The number of aryl methyl sites for hydroxylation is 1. The Morgan fingerprint density at radius 1 is 0.465 bits per heavy atom. The highest BCUT2D eigenvalue weighted by molar-refractivity contribution is 5.98. The molecule has 9 rings (SSSR count). The second kappa shape index (κ2) is 37.0. The predicted octanol–water partition coefficient (Wildman–Crippen LogP) is 6.69. The van der Waals surface area contributed by atoms with Gasteiger partial charge >= 0.3 is 23.9 Å². The van der Waals surface area contributed by atoms with Crippen LogP contribution in [0.4, 0.5) is 23.0 Å². The molecule has 0 aliphatic heterocycles. The first-order valence-electron chi connectivity index (χ1n) is 31.9. The second-order valence-electron chi connectivity index (χ2n) is 24.3. The van der Waals surface area contributed by atoms with E-state index in [1.54, 1.807) is 73.8 Å². The van der Waals surface area contributed by atoms with Crippen LogP contribution in [-0.4, -0.2) is 140 Å². The van der Waals surface area contributed by atoms with Gasteiger partial charge in [0.1, 0.15) is 23.7 Å². The van der Waals surface area contributed by atoms with Gasteiger partial charge in [0.2, 0.25) is 5.95 Å². The Labute approximate surface area is 578 Å². The summed E-state index contributed by atoms with van der Waals surface area (Å²) in [5.74, 6) is -3.82. The van der Waals surface area contributed by atoms with Gasteiger partial charge in [-0.15, -0.1) is 0 Å². The number of carboxylic acids is 4. The van der Waals surface area contributed by atoms with Crippen molar-refractivity contribution in [1.29, 1.82) is 0 Å². The van der Waals surface area contributed by atoms with Crippen molar-refractivity contribution in [3.05, 3.63) is 168 Å². The number of nitrogens with two attached hydrogens (primary N) is 1. The van der Waals surface area contributed by atoms with Gasteiger partial charge in [0.05, 0.1) is 55.3 Å². The van der Waals surface area contributed by atoms with Crippen molar-refractivity contribution in [2.24, 2.45) is 11.8 Å². The fourth-order valence-electron chi connectivity index (χ4n) is 9.71. The molecule has 3 aromatic carbocycles. The number of aliphatic carboxylic acids is 4. The number of amides is 3. The van der Waals surface area contributed by atoms with Gasteiger partial charge in [-0.2, -0.15) is 4.98 Å². The Bertz CT molecular complexity index is 4570. The Kier molecular flexibility index (Phi) is 28.5. The summed E-state index contributed by atoms with van der Waals surface area (Å²) < 4.78 is 0. The molecule has 0 aliphatic rings. The highest BCUT2D eigenvalue weighted by atomic mass is 16.4. The summed E-state index contributed by atoms with van der Waals surface area (Å²) in [7, 11) is 0. The minimum Gasteiger partial charge on any atom is -0.481 e. The summed E-state index contributed by atoms with van der Waals surface area (Å²) in [6, 6.07) is 17.4. The molecule has 101 heavy (non-hydrogen) atoms. The predicted molar refractivity (Wildman–Crippen MR) is 376 cm³/mol. The molecule has 0 unspecified atom stereocenters. The van der Waals surface area contributed by atoms with Gasteiger partial charge in [0, 0.05) is 58.6 Å². The highest BCUT2D eigenvalue weighted by Gasteiger charge is 2.24. The molecule has 0 saturated heterocycles. The van der Waals surface area contributed by atoms with E-state index in [9.17, 15) is 58.2 Å². The number of hydrogen-bond donors (Lipinski definition) is 14. The van der Waals surface area contributed by atoms with E-state index in [1.165, 1.54) is 24.5 Å². The molecule has 33 heteroatoms. The van der Waals surface area contributed by atoms with Crippen LogP contribution in [0, 0.1) is 18.8 Å². The molecule has 534 valence electrons. The number of aromatic nitrogens is 12. The molecule has 15 N–H and O–H groups in total. The number of nitrogens with one attached hydrogen (secondary N) is 9. The van der Waals surface area contributed by atoms with Crippen LogP contribution in [0.5, 0.6) is 0 Å². The number of H-pyrrole nitrogens is 3. The van der Waals surface area contributed by atoms with Crippen LogP contribution in [0.15, 0.2) is 106 Å². The van der Waals surface area contributed by atoms with Crippen molar-refractivity contribution in [1.82, 2.24) is 75.8 Å². The number of anilines is 4. The van der Waals surface area contributed by atoms with E-state index in [4.69, 9.17) is 15.9 Å². The lowest BCUT2D eigenvalue weighted by molar-refractivity contribution is -0.141. The van der Waals surface area contributed by atoms with Crippen molar-refractivity contribution in [2.45, 2.75) is 151 Å². The van der Waals surface area contributed by atoms with Gasteiger partial charge in [-0.1, -0.05) is 61.8 Å². The number of benzene rings is 3. The van der Waals surface area contributed by atoms with Crippen LogP contribution in [-0.2, 0) is 38.8 Å². The van der Waals surface area contributed by atoms with E-state index in [1.807, 2.05) is 27.7 Å². The van der Waals surface area contributed by atoms with E-state index in [2.05, 4.69) is 106 Å². The fraction of sp³-hybridized carbons (Fsp3) is 0.368. The number of nitrogen functional groups attached to an aromatic ring is 1. The molecule has 3 amide bonds. The molecule has 33 nitrogen and oxygen atoms in total. The normalized spacial score (nSPS) is 11.8. The molecule has 6 heterocycles. The number of fused-ring (bicyclic) bond motifs is 3. The maximum Gasteiger partial charge on any atom is 0.326 e. The smallest absolute Gasteiger partial charge is 0.326 e. The molecular weight excluding hydrogens is 1310 g/mol. The topological polar surface area (TPSA) is 513 Å². The lowest BCUT2D eigenvalue weighted by atomic mass is 9.99. The molecule has 3 atom stereocenters. The molecule has 0 fully saturated rings. The fourth-order valence-corrected chi connectivity index (χ4v) is 9.71. The van der Waals surface area contributed by atoms with E-state index < -0.39 is 53.3 Å². The van der Waals surface area contributed by atoms with Gasteiger partial charge < -0.3 is 68.0 Å². The zero-order valence-electron chi connectivity index (χ0n) is 55.9. The number of aromatic amines is 3. The van der Waals surface area contributed by atoms with Crippen LogP contribution in [0.1, 0.15) is 166 Å². The third kappa shape index (κ3) is 24.1. The molecule has 0 saturated carbocycles. The minimum absolute atomic E-state index is 0. The number of nitrogens with zero attached hydrogens (tertiary/aromatic N) is 9. The first-order valence-corrected chi connectivity index (χ1v) is 31.9. The van der Waals surface area contributed by atoms with Crippen molar-refractivity contribution in [3.63, 3.8) is 0 Å². The number of carbonyl (C=O) groups excluding carboxylic acids is 3. The van der Waals surface area contributed by atoms with Gasteiger partial charge in [-0.05, 0) is 117 Å². The number of hydrogen-bond acceptors (Lipinski definition) is 23. The maximum absolute atomic E-state index is 12.6. The van der Waals surface area contributed by atoms with Crippen molar-refractivity contribution >= 4 is 98.1 Å². The molecule has 9 aromatic rings. The molecule has 0 aliphatic carbocycles. The Morgan fingerprint density at radius 2 is 0.851 bits per heavy atom. The largest absolute Gasteiger partial charge is 0.481 e. The molecule has 0 spiro atoms. The average molecular weight is 1390 g/mol. The van der Waals surface area contributed by atoms with E-state index >= 15 is 0 Å². The van der Waals surface area contributed by atoms with Gasteiger partial charge in [0.25, 0.3) is 34.4 Å². The van der Waals surface area contributed by atoms with Crippen LogP contribution in [0.3, 0.4) is 0 Å². The first-order chi connectivity index (χ1) is 47.6. The molecule has 0 bridgehead atoms. The quantitative estimate of drug-likeness (QED) is 0.0223. The standard InChI is InChI=1S/C23H28N6O4.C22H27N7O4.C22H24N6O6.CH4/c1-13(2)10-17(8-9-19(30)31)29-22(32)15-4-6-16(7-5-15)24-11-18-12-25-21-20(28-18)23(33)27-14(3)26-21;1-12(2)4-3-5-16(21(32)33)27-19(30)13-6-8-14(9-7-13)24-10-15-11-25-18-17(26-15)20(31)29-22(23)28-18;1-11(2)18-27-19-17(21(32)28-18)25-14(10-24-19)9-23-13-5-3-12(4-6-13)20(31)26-15(22(33)34)7-8-16(29)30;/h4-7,12-13,17,24H,8-11H2,1-3H3,(H,29,32)(H,30,31)(H,25,26,27,33);6-9,11-12,16,24H,3-5,10H2,1-2H3,(H,27,30)(H,32,33)(H3,23,25,28,29,31);3-6,10-11,15,23H,7-9H2,1-2H3,(H,26,31)(H,29,30)(H,33,34)(H,24,27,28,32);1H4/t17-;16-;15-;/m000./s1. The third-order valence-electron chi connectivity index (χ3n) is 14.9. The van der Waals surface area contributed by atoms with Crippen molar-refractivity contribution in [3.8, 4) is 0 Å². The number of carbonyl (C=O) groups is 7. The molecule has 0 radical (unpaired) electrons. The summed E-state index contributed by atoms with van der Waals surface area (Å²) in [5.41, 5.74) is 10.3. The van der Waals surface area contributed by atoms with Gasteiger partial charge in [-0.3, -0.25) is 43.3 Å². The maximum atomic E-state index is 12.6. The number of carboxylic acid groups (broad SMARTS) is 4. The van der Waals surface area contributed by atoms with Gasteiger partial charge in [-0.25, -0.2) is 49.5 Å².